The first-order valence-electron chi connectivity index (χ1n) is 8.20. The first kappa shape index (κ1) is 19.1. The Morgan fingerprint density at radius 1 is 1.00 bits per heavy atom. The molecule has 2 aromatic rings. The lowest BCUT2D eigenvalue weighted by Crippen LogP contribution is -2.26. The van der Waals surface area contributed by atoms with Crippen molar-refractivity contribution in [3.05, 3.63) is 71.5 Å². The van der Waals surface area contributed by atoms with Crippen LogP contribution in [0.15, 0.2) is 54.6 Å². The number of aryl methyl sites for hydroxylation is 1. The third kappa shape index (κ3) is 7.47. The number of benzene rings is 2. The molecule has 0 saturated carbocycles. The molecule has 0 aliphatic carbocycles. The fourth-order valence-corrected chi connectivity index (χ4v) is 3.89. The van der Waals surface area contributed by atoms with E-state index in [9.17, 15) is 17.6 Å². The van der Waals surface area contributed by atoms with E-state index in [2.05, 4.69) is 5.32 Å². The lowest BCUT2D eigenvalue weighted by atomic mass is 10.1. The fraction of sp³-hybridized carbons (Fsp3) is 0.316. The van der Waals surface area contributed by atoms with Gasteiger partial charge in [0.2, 0.25) is 5.91 Å². The van der Waals surface area contributed by atoms with Gasteiger partial charge in [0.25, 0.3) is 0 Å². The minimum atomic E-state index is -3.19. The van der Waals surface area contributed by atoms with Gasteiger partial charge < -0.3 is 5.32 Å². The predicted octanol–water partition coefficient (Wildman–Crippen LogP) is 2.88. The first-order chi connectivity index (χ1) is 11.9. The largest absolute Gasteiger partial charge is 0.356 e. The molecule has 134 valence electrons. The number of carbonyl (C=O) groups is 1. The van der Waals surface area contributed by atoms with Crippen LogP contribution in [-0.2, 0) is 26.8 Å². The molecule has 0 atom stereocenters. The molecular weight excluding hydrogens is 341 g/mol. The number of hydrogen-bond donors (Lipinski definition) is 1. The quantitative estimate of drug-likeness (QED) is 0.697. The summed E-state index contributed by atoms with van der Waals surface area (Å²) < 4.78 is 37.1. The van der Waals surface area contributed by atoms with Crippen LogP contribution in [0.1, 0.15) is 24.0 Å². The number of hydrogen-bond acceptors (Lipinski definition) is 3. The van der Waals surface area contributed by atoms with Crippen molar-refractivity contribution in [2.75, 3.05) is 12.3 Å². The number of carbonyl (C=O) groups excluding carboxylic acids is 1. The highest BCUT2D eigenvalue weighted by molar-refractivity contribution is 7.90. The van der Waals surface area contributed by atoms with E-state index in [1.165, 1.54) is 12.1 Å². The molecule has 2 rings (SSSR count). The van der Waals surface area contributed by atoms with E-state index in [0.717, 1.165) is 11.1 Å². The molecule has 0 radical (unpaired) electrons. The molecular formula is C19H22FNO3S. The van der Waals surface area contributed by atoms with Crippen LogP contribution in [0.5, 0.6) is 0 Å². The van der Waals surface area contributed by atoms with E-state index in [1.807, 2.05) is 18.2 Å². The van der Waals surface area contributed by atoms with Gasteiger partial charge in [0.1, 0.15) is 5.82 Å². The monoisotopic (exact) mass is 363 g/mol. The van der Waals surface area contributed by atoms with E-state index >= 15 is 0 Å². The molecule has 1 amide bonds. The first-order valence-corrected chi connectivity index (χ1v) is 10.0. The van der Waals surface area contributed by atoms with Crippen LogP contribution in [0.2, 0.25) is 0 Å². The molecule has 0 unspecified atom stereocenters. The summed E-state index contributed by atoms with van der Waals surface area (Å²) in [5.41, 5.74) is 1.53. The number of sulfone groups is 1. The minimum absolute atomic E-state index is 0.0152. The highest BCUT2D eigenvalue weighted by atomic mass is 32.2. The topological polar surface area (TPSA) is 63.2 Å². The van der Waals surface area contributed by atoms with E-state index < -0.39 is 9.84 Å². The van der Waals surface area contributed by atoms with Gasteiger partial charge in [-0.05, 0) is 36.1 Å². The fourth-order valence-electron chi connectivity index (χ4n) is 2.46. The van der Waals surface area contributed by atoms with Crippen LogP contribution in [0.3, 0.4) is 0 Å². The summed E-state index contributed by atoms with van der Waals surface area (Å²) in [5.74, 6) is -0.431. The average Bonchev–Trinajstić information content (AvgIpc) is 2.57. The second-order valence-corrected chi connectivity index (χ2v) is 8.10. The van der Waals surface area contributed by atoms with E-state index in [0.29, 0.717) is 19.4 Å². The molecule has 4 nitrogen and oxygen atoms in total. The molecule has 6 heteroatoms. The molecule has 25 heavy (non-hydrogen) atoms. The Bertz CT molecular complexity index is 791. The van der Waals surface area contributed by atoms with Gasteiger partial charge in [-0.25, -0.2) is 12.8 Å². The molecule has 0 heterocycles. The zero-order valence-corrected chi connectivity index (χ0v) is 14.8. The van der Waals surface area contributed by atoms with E-state index in [4.69, 9.17) is 0 Å². The summed E-state index contributed by atoms with van der Waals surface area (Å²) >= 11 is 0. The minimum Gasteiger partial charge on any atom is -0.356 e. The standard InChI is InChI=1S/C19H22FNO3S/c20-18-9-4-8-16(14-18)10-11-19(22)21-12-5-13-25(23,24)15-17-6-2-1-3-7-17/h1-4,6-9,14H,5,10-13,15H2,(H,21,22). The van der Waals surface area contributed by atoms with Crippen LogP contribution in [-0.4, -0.2) is 26.6 Å². The number of halogens is 1. The van der Waals surface area contributed by atoms with Gasteiger partial charge in [-0.3, -0.25) is 4.79 Å². The maximum Gasteiger partial charge on any atom is 0.220 e. The SMILES string of the molecule is O=C(CCc1cccc(F)c1)NCCCS(=O)(=O)Cc1ccccc1. The Morgan fingerprint density at radius 2 is 1.72 bits per heavy atom. The summed E-state index contributed by atoms with van der Waals surface area (Å²) in [4.78, 5) is 11.8. The molecule has 2 aromatic carbocycles. The molecule has 0 saturated heterocycles. The van der Waals surface area contributed by atoms with E-state index in [1.54, 1.807) is 24.3 Å². The third-order valence-electron chi connectivity index (χ3n) is 3.71. The van der Waals surface area contributed by atoms with Gasteiger partial charge >= 0.3 is 0 Å². The molecule has 0 aliphatic rings. The predicted molar refractivity (Wildman–Crippen MR) is 96.3 cm³/mol. The van der Waals surface area contributed by atoms with Crippen LogP contribution in [0, 0.1) is 5.82 Å². The summed E-state index contributed by atoms with van der Waals surface area (Å²) in [5, 5.41) is 2.71. The highest BCUT2D eigenvalue weighted by Crippen LogP contribution is 2.08. The Kier molecular flexibility index (Phi) is 7.13. The lowest BCUT2D eigenvalue weighted by Gasteiger charge is -2.07. The third-order valence-corrected chi connectivity index (χ3v) is 5.40. The second-order valence-electron chi connectivity index (χ2n) is 5.91. The molecule has 0 fully saturated rings. The van der Waals surface area contributed by atoms with Crippen molar-refractivity contribution in [2.24, 2.45) is 0 Å². The number of rotatable bonds is 9. The summed E-state index contributed by atoms with van der Waals surface area (Å²) in [6.07, 6.45) is 1.08. The smallest absolute Gasteiger partial charge is 0.220 e. The van der Waals surface area contributed by atoms with Crippen molar-refractivity contribution in [3.8, 4) is 0 Å². The Balaban J connectivity index is 1.65. The molecule has 0 aromatic heterocycles. The molecule has 0 bridgehead atoms. The Labute approximate surface area is 148 Å². The van der Waals surface area contributed by atoms with Crippen LogP contribution in [0.4, 0.5) is 4.39 Å². The Hall–Kier alpha value is -2.21. The average molecular weight is 363 g/mol. The summed E-state index contributed by atoms with van der Waals surface area (Å²) in [6, 6.07) is 15.2. The lowest BCUT2D eigenvalue weighted by molar-refractivity contribution is -0.121. The van der Waals surface area contributed by atoms with Crippen molar-refractivity contribution >= 4 is 15.7 Å². The van der Waals surface area contributed by atoms with Crippen molar-refractivity contribution < 1.29 is 17.6 Å². The summed E-state index contributed by atoms with van der Waals surface area (Å²) in [6.45, 7) is 0.315. The highest BCUT2D eigenvalue weighted by Gasteiger charge is 2.12. The van der Waals surface area contributed by atoms with Crippen LogP contribution in [0.25, 0.3) is 0 Å². The molecule has 1 N–H and O–H groups in total. The van der Waals surface area contributed by atoms with Crippen LogP contribution < -0.4 is 5.32 Å². The zero-order valence-electron chi connectivity index (χ0n) is 13.9. The second kappa shape index (κ2) is 9.32. The van der Waals surface area contributed by atoms with Gasteiger partial charge in [-0.15, -0.1) is 0 Å². The zero-order chi connectivity index (χ0) is 18.1. The molecule has 0 aliphatic heterocycles. The van der Waals surface area contributed by atoms with E-state index in [-0.39, 0.29) is 29.7 Å². The van der Waals surface area contributed by atoms with Crippen molar-refractivity contribution in [1.82, 2.24) is 5.32 Å². The van der Waals surface area contributed by atoms with Gasteiger partial charge in [0.15, 0.2) is 9.84 Å². The van der Waals surface area contributed by atoms with Gasteiger partial charge in [-0.1, -0.05) is 42.5 Å². The van der Waals surface area contributed by atoms with Gasteiger partial charge in [0, 0.05) is 13.0 Å². The van der Waals surface area contributed by atoms with Crippen molar-refractivity contribution in [2.45, 2.75) is 25.0 Å². The van der Waals surface area contributed by atoms with Crippen molar-refractivity contribution in [3.63, 3.8) is 0 Å². The maximum atomic E-state index is 13.1. The van der Waals surface area contributed by atoms with Gasteiger partial charge in [-0.2, -0.15) is 0 Å². The number of nitrogens with one attached hydrogen (secondary N) is 1. The Morgan fingerprint density at radius 3 is 2.44 bits per heavy atom. The van der Waals surface area contributed by atoms with Gasteiger partial charge in [0.05, 0.1) is 11.5 Å². The summed E-state index contributed by atoms with van der Waals surface area (Å²) in [7, 11) is -3.19. The molecule has 0 spiro atoms. The normalized spacial score (nSPS) is 11.2. The maximum absolute atomic E-state index is 13.1. The van der Waals surface area contributed by atoms with Crippen molar-refractivity contribution in [1.29, 1.82) is 0 Å². The van der Waals surface area contributed by atoms with Crippen LogP contribution >= 0.6 is 0 Å². The number of amides is 1.